The van der Waals surface area contributed by atoms with E-state index < -0.39 is 10.0 Å². The highest BCUT2D eigenvalue weighted by atomic mass is 32.2. The highest BCUT2D eigenvalue weighted by Crippen LogP contribution is 2.56. The molecule has 2 atom stereocenters. The smallest absolute Gasteiger partial charge is 0.240 e. The molecule has 3 aliphatic rings. The number of hydrogen-bond acceptors (Lipinski definition) is 3. The molecular formula is C17H22N2O3S. The molecule has 1 aliphatic heterocycles. The SMILES string of the molecule is CNS(=O)(=O)c1ccc2c(c1)CCN2C(=O)C1C2CCCCC21. The molecule has 5 nitrogen and oxygen atoms in total. The van der Waals surface area contributed by atoms with E-state index in [1.165, 1.54) is 32.7 Å². The molecule has 0 radical (unpaired) electrons. The molecule has 1 N–H and O–H groups in total. The maximum Gasteiger partial charge on any atom is 0.240 e. The summed E-state index contributed by atoms with van der Waals surface area (Å²) in [6.07, 6.45) is 5.64. The molecule has 124 valence electrons. The minimum atomic E-state index is -3.43. The van der Waals surface area contributed by atoms with Gasteiger partial charge in [0, 0.05) is 18.2 Å². The fraction of sp³-hybridized carbons (Fsp3) is 0.588. The van der Waals surface area contributed by atoms with E-state index in [2.05, 4.69) is 4.72 Å². The van der Waals surface area contributed by atoms with Gasteiger partial charge in [0.25, 0.3) is 0 Å². The van der Waals surface area contributed by atoms with Gasteiger partial charge < -0.3 is 4.90 Å². The first-order valence-electron chi connectivity index (χ1n) is 8.41. The van der Waals surface area contributed by atoms with Crippen LogP contribution < -0.4 is 9.62 Å². The molecule has 1 aromatic rings. The van der Waals surface area contributed by atoms with Gasteiger partial charge in [-0.3, -0.25) is 4.79 Å². The molecule has 0 aromatic heterocycles. The van der Waals surface area contributed by atoms with Crippen molar-refractivity contribution < 1.29 is 13.2 Å². The summed E-state index contributed by atoms with van der Waals surface area (Å²) in [4.78, 5) is 15.0. The lowest BCUT2D eigenvalue weighted by atomic mass is 10.0. The van der Waals surface area contributed by atoms with Gasteiger partial charge in [0.1, 0.15) is 0 Å². The molecule has 6 heteroatoms. The maximum atomic E-state index is 12.9. The number of hydrogen-bond donors (Lipinski definition) is 1. The number of fused-ring (bicyclic) bond motifs is 2. The summed E-state index contributed by atoms with van der Waals surface area (Å²) in [7, 11) is -2.02. The summed E-state index contributed by atoms with van der Waals surface area (Å²) in [5.41, 5.74) is 1.85. The van der Waals surface area contributed by atoms with E-state index >= 15 is 0 Å². The Bertz CT molecular complexity index is 747. The number of carbonyl (C=O) groups excluding carboxylic acids is 1. The summed E-state index contributed by atoms with van der Waals surface area (Å²) >= 11 is 0. The Morgan fingerprint density at radius 1 is 1.22 bits per heavy atom. The van der Waals surface area contributed by atoms with Gasteiger partial charge in [0.2, 0.25) is 15.9 Å². The molecule has 2 fully saturated rings. The largest absolute Gasteiger partial charge is 0.312 e. The van der Waals surface area contributed by atoms with Crippen LogP contribution in [-0.4, -0.2) is 27.9 Å². The molecule has 1 aromatic carbocycles. The Hall–Kier alpha value is -1.40. The molecular weight excluding hydrogens is 312 g/mol. The van der Waals surface area contributed by atoms with Crippen LogP contribution in [0.15, 0.2) is 23.1 Å². The van der Waals surface area contributed by atoms with E-state index in [-0.39, 0.29) is 16.7 Å². The van der Waals surface area contributed by atoms with Crippen molar-refractivity contribution in [2.45, 2.75) is 37.0 Å². The van der Waals surface area contributed by atoms with E-state index in [1.807, 2.05) is 4.90 Å². The monoisotopic (exact) mass is 334 g/mol. The Balaban J connectivity index is 1.58. The fourth-order valence-corrected chi connectivity index (χ4v) is 5.21. The maximum absolute atomic E-state index is 12.9. The van der Waals surface area contributed by atoms with Gasteiger partial charge in [-0.05, 0) is 61.9 Å². The Labute approximate surface area is 137 Å². The summed E-state index contributed by atoms with van der Waals surface area (Å²) < 4.78 is 26.2. The summed E-state index contributed by atoms with van der Waals surface area (Å²) in [6, 6.07) is 5.08. The van der Waals surface area contributed by atoms with Crippen LogP contribution in [0, 0.1) is 17.8 Å². The van der Waals surface area contributed by atoms with Crippen molar-refractivity contribution in [3.05, 3.63) is 23.8 Å². The molecule has 0 bridgehead atoms. The second kappa shape index (κ2) is 5.31. The Morgan fingerprint density at radius 3 is 2.57 bits per heavy atom. The second-order valence-electron chi connectivity index (χ2n) is 6.88. The molecule has 4 rings (SSSR count). The zero-order chi connectivity index (χ0) is 16.2. The van der Waals surface area contributed by atoms with Gasteiger partial charge >= 0.3 is 0 Å². The zero-order valence-electron chi connectivity index (χ0n) is 13.3. The normalized spacial score (nSPS) is 29.1. The van der Waals surface area contributed by atoms with Crippen LogP contribution in [0.25, 0.3) is 0 Å². The molecule has 2 aliphatic carbocycles. The number of nitrogens with zero attached hydrogens (tertiary/aromatic N) is 1. The third-order valence-electron chi connectivity index (χ3n) is 5.73. The van der Waals surface area contributed by atoms with E-state index in [4.69, 9.17) is 0 Å². The minimum absolute atomic E-state index is 0.212. The topological polar surface area (TPSA) is 66.5 Å². The van der Waals surface area contributed by atoms with Crippen molar-refractivity contribution in [3.8, 4) is 0 Å². The van der Waals surface area contributed by atoms with E-state index in [1.54, 1.807) is 18.2 Å². The van der Waals surface area contributed by atoms with Crippen LogP contribution in [0.2, 0.25) is 0 Å². The average Bonchev–Trinajstić information content (AvgIpc) is 3.14. The third kappa shape index (κ3) is 2.39. The van der Waals surface area contributed by atoms with E-state index in [9.17, 15) is 13.2 Å². The van der Waals surface area contributed by atoms with Crippen LogP contribution in [0.3, 0.4) is 0 Å². The molecule has 23 heavy (non-hydrogen) atoms. The molecule has 0 saturated heterocycles. The number of rotatable bonds is 3. The summed E-state index contributed by atoms with van der Waals surface area (Å²) in [5, 5.41) is 0. The standard InChI is InChI=1S/C17H22N2O3S/c1-18-23(21,22)12-6-7-15-11(10-12)8-9-19(15)17(20)16-13-4-2-3-5-14(13)16/h6-7,10,13-14,16,18H,2-5,8-9H2,1H3. The van der Waals surface area contributed by atoms with Gasteiger partial charge in [0.15, 0.2) is 0 Å². The lowest BCUT2D eigenvalue weighted by molar-refractivity contribution is -0.120. The predicted molar refractivity (Wildman–Crippen MR) is 87.7 cm³/mol. The summed E-state index contributed by atoms with van der Waals surface area (Å²) in [5.74, 6) is 1.67. The summed E-state index contributed by atoms with van der Waals surface area (Å²) in [6.45, 7) is 0.674. The van der Waals surface area contributed by atoms with E-state index in [0.717, 1.165) is 17.7 Å². The van der Waals surface area contributed by atoms with Crippen molar-refractivity contribution in [1.29, 1.82) is 0 Å². The lowest BCUT2D eigenvalue weighted by Crippen LogP contribution is -2.31. The molecule has 1 amide bonds. The number of carbonyl (C=O) groups is 1. The van der Waals surface area contributed by atoms with Crippen LogP contribution in [0.1, 0.15) is 31.2 Å². The van der Waals surface area contributed by atoms with Crippen molar-refractivity contribution in [1.82, 2.24) is 4.72 Å². The van der Waals surface area contributed by atoms with Crippen molar-refractivity contribution >= 4 is 21.6 Å². The number of nitrogens with one attached hydrogen (secondary N) is 1. The first kappa shape index (κ1) is 15.1. The van der Waals surface area contributed by atoms with Gasteiger partial charge in [-0.15, -0.1) is 0 Å². The van der Waals surface area contributed by atoms with Crippen LogP contribution in [-0.2, 0) is 21.2 Å². The fourth-order valence-electron chi connectivity index (χ4n) is 4.43. The average molecular weight is 334 g/mol. The van der Waals surface area contributed by atoms with Crippen molar-refractivity contribution in [2.24, 2.45) is 17.8 Å². The van der Waals surface area contributed by atoms with Gasteiger partial charge in [-0.25, -0.2) is 13.1 Å². The van der Waals surface area contributed by atoms with E-state index in [0.29, 0.717) is 18.4 Å². The van der Waals surface area contributed by atoms with Gasteiger partial charge in [-0.1, -0.05) is 12.8 Å². The third-order valence-corrected chi connectivity index (χ3v) is 7.15. The highest BCUT2D eigenvalue weighted by Gasteiger charge is 2.56. The Kier molecular flexibility index (Phi) is 3.50. The van der Waals surface area contributed by atoms with Crippen LogP contribution in [0.5, 0.6) is 0 Å². The molecule has 1 heterocycles. The predicted octanol–water partition coefficient (Wildman–Crippen LogP) is 1.92. The molecule has 0 spiro atoms. The number of anilines is 1. The first-order valence-corrected chi connectivity index (χ1v) is 9.89. The zero-order valence-corrected chi connectivity index (χ0v) is 14.1. The van der Waals surface area contributed by atoms with Gasteiger partial charge in [0.05, 0.1) is 4.90 Å². The minimum Gasteiger partial charge on any atom is -0.312 e. The highest BCUT2D eigenvalue weighted by molar-refractivity contribution is 7.89. The lowest BCUT2D eigenvalue weighted by Gasteiger charge is -2.18. The van der Waals surface area contributed by atoms with Crippen LogP contribution in [0.4, 0.5) is 5.69 Å². The quantitative estimate of drug-likeness (QED) is 0.918. The number of amides is 1. The Morgan fingerprint density at radius 2 is 1.91 bits per heavy atom. The van der Waals surface area contributed by atoms with Gasteiger partial charge in [-0.2, -0.15) is 0 Å². The van der Waals surface area contributed by atoms with Crippen molar-refractivity contribution in [2.75, 3.05) is 18.5 Å². The van der Waals surface area contributed by atoms with Crippen molar-refractivity contribution in [3.63, 3.8) is 0 Å². The molecule has 2 unspecified atom stereocenters. The van der Waals surface area contributed by atoms with Crippen LogP contribution >= 0.6 is 0 Å². The number of sulfonamides is 1. The number of benzene rings is 1. The second-order valence-corrected chi connectivity index (χ2v) is 8.76. The molecule has 2 saturated carbocycles. The first-order chi connectivity index (χ1) is 11.0.